The number of aryl methyl sites for hydroxylation is 1. The lowest BCUT2D eigenvalue weighted by Crippen LogP contribution is -2.53. The molecule has 0 saturated heterocycles. The predicted octanol–water partition coefficient (Wildman–Crippen LogP) is 4.59. The van der Waals surface area contributed by atoms with E-state index in [1.165, 1.54) is 38.3 Å². The third kappa shape index (κ3) is 7.57. The lowest BCUT2D eigenvalue weighted by molar-refractivity contribution is -0.139. The number of ether oxygens (including phenoxy) is 2. The molecule has 0 unspecified atom stereocenters. The van der Waals surface area contributed by atoms with Gasteiger partial charge in [-0.3, -0.25) is 13.9 Å². The quantitative estimate of drug-likeness (QED) is 0.236. The summed E-state index contributed by atoms with van der Waals surface area (Å²) >= 11 is 0. The van der Waals surface area contributed by atoms with Crippen LogP contribution in [0.15, 0.2) is 108 Å². The van der Waals surface area contributed by atoms with Crippen molar-refractivity contribution in [3.63, 3.8) is 0 Å². The van der Waals surface area contributed by atoms with Crippen molar-refractivity contribution in [2.45, 2.75) is 30.8 Å². The van der Waals surface area contributed by atoms with Gasteiger partial charge in [-0.15, -0.1) is 0 Å². The fourth-order valence-electron chi connectivity index (χ4n) is 4.83. The van der Waals surface area contributed by atoms with Crippen LogP contribution in [0.4, 0.5) is 5.69 Å². The second-order valence-corrected chi connectivity index (χ2v) is 12.0. The van der Waals surface area contributed by atoms with Crippen LogP contribution in [0.25, 0.3) is 0 Å². The van der Waals surface area contributed by atoms with E-state index < -0.39 is 28.5 Å². The monoisotopic (exact) mass is 615 g/mol. The number of sulfonamides is 1. The van der Waals surface area contributed by atoms with Crippen LogP contribution in [-0.4, -0.2) is 59.0 Å². The maximum absolute atomic E-state index is 14.4. The number of amides is 2. The standard InChI is InChI=1S/C34H37N3O6S/c1-25-14-16-27(17-15-25)23-36(31(34(39)35-2)22-26-10-6-5-7-11-26)33(38)24-37(30-12-8-9-13-32(30)43-4)44(40,41)29-20-18-28(42-3)19-21-29/h5-21,31H,22-24H2,1-4H3,(H,35,39)/t31-/m0/s1. The third-order valence-corrected chi connectivity index (χ3v) is 9.05. The van der Waals surface area contributed by atoms with Crippen molar-refractivity contribution in [2.75, 3.05) is 32.1 Å². The fourth-order valence-corrected chi connectivity index (χ4v) is 6.26. The summed E-state index contributed by atoms with van der Waals surface area (Å²) in [6.45, 7) is 1.47. The highest BCUT2D eigenvalue weighted by Crippen LogP contribution is 2.33. The van der Waals surface area contributed by atoms with Gasteiger partial charge >= 0.3 is 0 Å². The number of carbonyl (C=O) groups excluding carboxylic acids is 2. The van der Waals surface area contributed by atoms with E-state index in [2.05, 4.69) is 5.32 Å². The molecular formula is C34H37N3O6S. The Kier molecular flexibility index (Phi) is 10.6. The van der Waals surface area contributed by atoms with Crippen LogP contribution in [0, 0.1) is 6.92 Å². The van der Waals surface area contributed by atoms with E-state index in [0.29, 0.717) is 5.75 Å². The van der Waals surface area contributed by atoms with Crippen LogP contribution in [0.1, 0.15) is 16.7 Å². The minimum Gasteiger partial charge on any atom is -0.497 e. The first-order chi connectivity index (χ1) is 21.2. The maximum atomic E-state index is 14.4. The zero-order valence-electron chi connectivity index (χ0n) is 25.3. The molecule has 2 amide bonds. The van der Waals surface area contributed by atoms with E-state index in [4.69, 9.17) is 9.47 Å². The second-order valence-electron chi connectivity index (χ2n) is 10.2. The van der Waals surface area contributed by atoms with Gasteiger partial charge < -0.3 is 19.7 Å². The van der Waals surface area contributed by atoms with Crippen LogP contribution in [-0.2, 0) is 32.6 Å². The van der Waals surface area contributed by atoms with Crippen molar-refractivity contribution in [3.05, 3.63) is 120 Å². The first kappa shape index (κ1) is 32.1. The summed E-state index contributed by atoms with van der Waals surface area (Å²) in [5.41, 5.74) is 2.89. The highest BCUT2D eigenvalue weighted by molar-refractivity contribution is 7.92. The van der Waals surface area contributed by atoms with Gasteiger partial charge in [0.05, 0.1) is 24.8 Å². The maximum Gasteiger partial charge on any atom is 0.264 e. The molecule has 1 atom stereocenters. The van der Waals surface area contributed by atoms with Gasteiger partial charge in [0, 0.05) is 20.0 Å². The summed E-state index contributed by atoms with van der Waals surface area (Å²) in [5.74, 6) is -0.161. The minimum atomic E-state index is -4.28. The van der Waals surface area contributed by atoms with E-state index in [1.54, 1.807) is 36.4 Å². The predicted molar refractivity (Wildman–Crippen MR) is 170 cm³/mol. The SMILES string of the molecule is CNC(=O)[C@H](Cc1ccccc1)N(Cc1ccc(C)cc1)C(=O)CN(c1ccccc1OC)S(=O)(=O)c1ccc(OC)cc1. The largest absolute Gasteiger partial charge is 0.497 e. The van der Waals surface area contributed by atoms with Crippen molar-refractivity contribution in [2.24, 2.45) is 0 Å². The smallest absolute Gasteiger partial charge is 0.264 e. The fraction of sp³-hybridized carbons (Fsp3) is 0.235. The number of nitrogens with zero attached hydrogens (tertiary/aromatic N) is 2. The van der Waals surface area contributed by atoms with Gasteiger partial charge in [-0.05, 0) is 54.4 Å². The van der Waals surface area contributed by atoms with Crippen molar-refractivity contribution in [1.82, 2.24) is 10.2 Å². The molecule has 4 aromatic carbocycles. The summed E-state index contributed by atoms with van der Waals surface area (Å²) in [4.78, 5) is 29.2. The molecule has 0 bridgehead atoms. The number of hydrogen-bond donors (Lipinski definition) is 1. The topological polar surface area (TPSA) is 105 Å². The Balaban J connectivity index is 1.81. The first-order valence-electron chi connectivity index (χ1n) is 14.1. The molecule has 4 rings (SSSR count). The van der Waals surface area contributed by atoms with Crippen LogP contribution < -0.4 is 19.1 Å². The lowest BCUT2D eigenvalue weighted by Gasteiger charge is -2.34. The summed E-state index contributed by atoms with van der Waals surface area (Å²) in [6, 6.07) is 28.7. The Morgan fingerprint density at radius 1 is 0.795 bits per heavy atom. The zero-order chi connectivity index (χ0) is 31.7. The molecule has 9 nitrogen and oxygen atoms in total. The van der Waals surface area contributed by atoms with Gasteiger partial charge in [-0.25, -0.2) is 8.42 Å². The van der Waals surface area contributed by atoms with Gasteiger partial charge in [-0.1, -0.05) is 72.3 Å². The molecule has 0 radical (unpaired) electrons. The van der Waals surface area contributed by atoms with Crippen LogP contribution in [0.3, 0.4) is 0 Å². The number of nitrogens with one attached hydrogen (secondary N) is 1. The first-order valence-corrected chi connectivity index (χ1v) is 15.5. The van der Waals surface area contributed by atoms with E-state index in [9.17, 15) is 18.0 Å². The zero-order valence-corrected chi connectivity index (χ0v) is 26.1. The minimum absolute atomic E-state index is 0.0331. The van der Waals surface area contributed by atoms with Gasteiger partial charge in [0.25, 0.3) is 10.0 Å². The molecule has 0 spiro atoms. The average molecular weight is 616 g/mol. The van der Waals surface area contributed by atoms with Crippen LogP contribution in [0.2, 0.25) is 0 Å². The summed E-state index contributed by atoms with van der Waals surface area (Å²) in [6.07, 6.45) is 0.234. The summed E-state index contributed by atoms with van der Waals surface area (Å²) in [5, 5.41) is 2.69. The molecule has 0 fully saturated rings. The lowest BCUT2D eigenvalue weighted by atomic mass is 10.0. The third-order valence-electron chi connectivity index (χ3n) is 7.27. The molecular weight excluding hydrogens is 578 g/mol. The Labute approximate surface area is 259 Å². The number of benzene rings is 4. The van der Waals surface area contributed by atoms with E-state index in [1.807, 2.05) is 61.5 Å². The van der Waals surface area contributed by atoms with Crippen molar-refractivity contribution < 1.29 is 27.5 Å². The van der Waals surface area contributed by atoms with Gasteiger partial charge in [0.1, 0.15) is 24.1 Å². The van der Waals surface area contributed by atoms with Gasteiger partial charge in [0.15, 0.2) is 0 Å². The van der Waals surface area contributed by atoms with E-state index in [-0.39, 0.29) is 35.2 Å². The highest BCUT2D eigenvalue weighted by atomic mass is 32.2. The van der Waals surface area contributed by atoms with Gasteiger partial charge in [-0.2, -0.15) is 0 Å². The molecule has 44 heavy (non-hydrogen) atoms. The Morgan fingerprint density at radius 2 is 1.43 bits per heavy atom. The Hall–Kier alpha value is -4.83. The molecule has 0 saturated carbocycles. The van der Waals surface area contributed by atoms with Gasteiger partial charge in [0.2, 0.25) is 11.8 Å². The number of methoxy groups -OCH3 is 2. The molecule has 1 N–H and O–H groups in total. The van der Waals surface area contributed by atoms with Crippen LogP contribution in [0.5, 0.6) is 11.5 Å². The van der Waals surface area contributed by atoms with Crippen molar-refractivity contribution in [1.29, 1.82) is 0 Å². The summed E-state index contributed by atoms with van der Waals surface area (Å²) in [7, 11) is 0.163. The summed E-state index contributed by atoms with van der Waals surface area (Å²) < 4.78 is 40.1. The molecule has 230 valence electrons. The molecule has 10 heteroatoms. The molecule has 0 heterocycles. The molecule has 0 aliphatic carbocycles. The van der Waals surface area contributed by atoms with Crippen LogP contribution >= 0.6 is 0 Å². The Morgan fingerprint density at radius 3 is 2.05 bits per heavy atom. The number of rotatable bonds is 13. The number of hydrogen-bond acceptors (Lipinski definition) is 6. The normalized spacial score (nSPS) is 11.7. The van der Waals surface area contributed by atoms with E-state index >= 15 is 0 Å². The molecule has 0 aliphatic rings. The number of likely N-dealkylation sites (N-methyl/N-ethyl adjacent to an activating group) is 1. The van der Waals surface area contributed by atoms with Crippen molar-refractivity contribution >= 4 is 27.5 Å². The molecule has 0 aliphatic heterocycles. The average Bonchev–Trinajstić information content (AvgIpc) is 3.06. The molecule has 0 aromatic heterocycles. The number of para-hydroxylation sites is 2. The highest BCUT2D eigenvalue weighted by Gasteiger charge is 2.35. The second kappa shape index (κ2) is 14.6. The number of carbonyl (C=O) groups is 2. The Bertz CT molecular complexity index is 1660. The number of anilines is 1. The van der Waals surface area contributed by atoms with Crippen molar-refractivity contribution in [3.8, 4) is 11.5 Å². The molecule has 4 aromatic rings. The van der Waals surface area contributed by atoms with E-state index in [0.717, 1.165) is 21.0 Å².